The Morgan fingerprint density at radius 1 is 1.11 bits per heavy atom. The number of nitrogens with one attached hydrogen (secondary N) is 1. The Hall–Kier alpha value is -3.28. The molecular weight excluding hydrogens is 348 g/mol. The molecule has 0 bridgehead atoms. The fraction of sp³-hybridized carbons (Fsp3) is 0.273. The van der Waals surface area contributed by atoms with E-state index >= 15 is 0 Å². The molecule has 0 unspecified atom stereocenters. The van der Waals surface area contributed by atoms with Crippen molar-refractivity contribution in [3.8, 4) is 0 Å². The monoisotopic (exact) mass is 372 g/mol. The van der Waals surface area contributed by atoms with Crippen molar-refractivity contribution >= 4 is 34.2 Å². The summed E-state index contributed by atoms with van der Waals surface area (Å²) in [4.78, 5) is 4.72. The summed E-state index contributed by atoms with van der Waals surface area (Å²) >= 11 is 0. The number of nitrogens with zero attached hydrogens (tertiary/aromatic N) is 5. The maximum absolute atomic E-state index is 4.72. The van der Waals surface area contributed by atoms with Gasteiger partial charge < -0.3 is 4.57 Å². The summed E-state index contributed by atoms with van der Waals surface area (Å²) in [6.45, 7) is 7.45. The highest BCUT2D eigenvalue weighted by Gasteiger charge is 2.15. The predicted octanol–water partition coefficient (Wildman–Crippen LogP) is 4.78. The van der Waals surface area contributed by atoms with Crippen molar-refractivity contribution in [2.45, 2.75) is 33.7 Å². The Bertz CT molecular complexity index is 1130. The summed E-state index contributed by atoms with van der Waals surface area (Å²) in [6, 6.07) is 16.3. The molecule has 0 aliphatic rings. The molecule has 6 heteroatoms. The first-order valence-corrected chi connectivity index (χ1v) is 9.59. The fourth-order valence-corrected chi connectivity index (χ4v) is 3.23. The van der Waals surface area contributed by atoms with Gasteiger partial charge in [-0.15, -0.1) is 10.2 Å². The molecule has 0 spiro atoms. The molecule has 142 valence electrons. The van der Waals surface area contributed by atoms with Gasteiger partial charge in [-0.2, -0.15) is 10.1 Å². The first kappa shape index (κ1) is 18.1. The van der Waals surface area contributed by atoms with Gasteiger partial charge in [-0.3, -0.25) is 0 Å². The molecule has 6 nitrogen and oxygen atoms in total. The van der Waals surface area contributed by atoms with Crippen LogP contribution in [-0.2, 0) is 6.54 Å². The number of anilines is 1. The van der Waals surface area contributed by atoms with Gasteiger partial charge in [0.05, 0.1) is 11.7 Å². The topological polar surface area (TPSA) is 68.0 Å². The Kier molecular flexibility index (Phi) is 5.02. The minimum absolute atomic E-state index is 0.394. The van der Waals surface area contributed by atoms with Crippen molar-refractivity contribution < 1.29 is 0 Å². The van der Waals surface area contributed by atoms with Crippen LogP contribution >= 0.6 is 0 Å². The molecule has 0 saturated carbocycles. The standard InChI is InChI=1S/C22H24N6/c1-15(2)11-12-28-19-10-9-16(3)13-18(19)20-21(28)24-22(27-25-20)26-23-14-17-7-5-4-6-8-17/h4-10,13-15H,11-12H2,1-3H3,(H,24,26,27)/b23-14+. The molecule has 4 aromatic rings. The molecule has 28 heavy (non-hydrogen) atoms. The quantitative estimate of drug-likeness (QED) is 0.391. The van der Waals surface area contributed by atoms with E-state index in [4.69, 9.17) is 4.98 Å². The number of hydrogen-bond donors (Lipinski definition) is 1. The highest BCUT2D eigenvalue weighted by molar-refractivity contribution is 6.04. The molecule has 0 atom stereocenters. The molecular formula is C22H24N6. The summed E-state index contributed by atoms with van der Waals surface area (Å²) < 4.78 is 2.24. The van der Waals surface area contributed by atoms with Gasteiger partial charge in [0.1, 0.15) is 5.52 Å². The van der Waals surface area contributed by atoms with E-state index in [2.05, 4.69) is 64.3 Å². The second-order valence-corrected chi connectivity index (χ2v) is 7.44. The van der Waals surface area contributed by atoms with E-state index in [1.54, 1.807) is 6.21 Å². The minimum atomic E-state index is 0.394. The van der Waals surface area contributed by atoms with Gasteiger partial charge in [0, 0.05) is 11.9 Å². The molecule has 2 heterocycles. The average Bonchev–Trinajstić information content (AvgIpc) is 2.99. The molecule has 0 fully saturated rings. The first-order valence-electron chi connectivity index (χ1n) is 9.59. The fourth-order valence-electron chi connectivity index (χ4n) is 3.23. The average molecular weight is 372 g/mol. The number of benzene rings is 2. The lowest BCUT2D eigenvalue weighted by Gasteiger charge is -2.09. The lowest BCUT2D eigenvalue weighted by molar-refractivity contribution is 0.529. The van der Waals surface area contributed by atoms with Crippen molar-refractivity contribution in [2.75, 3.05) is 5.43 Å². The second kappa shape index (κ2) is 7.76. The van der Waals surface area contributed by atoms with Crippen LogP contribution in [0.25, 0.3) is 22.1 Å². The molecule has 4 rings (SSSR count). The molecule has 2 aromatic carbocycles. The molecule has 0 amide bonds. The van der Waals surface area contributed by atoms with E-state index in [9.17, 15) is 0 Å². The lowest BCUT2D eigenvalue weighted by atomic mass is 10.1. The number of aromatic nitrogens is 4. The van der Waals surface area contributed by atoms with Crippen LogP contribution in [0.4, 0.5) is 5.95 Å². The Labute approximate surface area is 164 Å². The van der Waals surface area contributed by atoms with Crippen LogP contribution in [0, 0.1) is 12.8 Å². The largest absolute Gasteiger partial charge is 0.324 e. The zero-order valence-electron chi connectivity index (χ0n) is 16.4. The van der Waals surface area contributed by atoms with Crippen LogP contribution in [0.3, 0.4) is 0 Å². The van der Waals surface area contributed by atoms with Crippen molar-refractivity contribution in [1.29, 1.82) is 0 Å². The highest BCUT2D eigenvalue weighted by atomic mass is 15.4. The van der Waals surface area contributed by atoms with Crippen LogP contribution in [0.5, 0.6) is 0 Å². The normalized spacial score (nSPS) is 11.9. The van der Waals surface area contributed by atoms with E-state index in [1.807, 2.05) is 30.3 Å². The molecule has 1 N–H and O–H groups in total. The van der Waals surface area contributed by atoms with Crippen molar-refractivity contribution in [3.05, 3.63) is 59.7 Å². The SMILES string of the molecule is Cc1ccc2c(c1)c1nnc(N/N=C/c3ccccc3)nc1n2CCC(C)C. The van der Waals surface area contributed by atoms with Gasteiger partial charge in [-0.25, -0.2) is 5.43 Å². The summed E-state index contributed by atoms with van der Waals surface area (Å²) in [5, 5.41) is 14.0. The van der Waals surface area contributed by atoms with Crippen LogP contribution in [0.2, 0.25) is 0 Å². The first-order chi connectivity index (χ1) is 13.6. The van der Waals surface area contributed by atoms with Gasteiger partial charge >= 0.3 is 0 Å². The van der Waals surface area contributed by atoms with Gasteiger partial charge in [-0.1, -0.05) is 55.8 Å². The van der Waals surface area contributed by atoms with Crippen molar-refractivity contribution in [1.82, 2.24) is 19.7 Å². The van der Waals surface area contributed by atoms with E-state index in [-0.39, 0.29) is 0 Å². The minimum Gasteiger partial charge on any atom is -0.324 e. The smallest absolute Gasteiger partial charge is 0.265 e. The zero-order valence-corrected chi connectivity index (χ0v) is 16.4. The summed E-state index contributed by atoms with van der Waals surface area (Å²) in [6.07, 6.45) is 2.82. The number of fused-ring (bicyclic) bond motifs is 3. The number of aryl methyl sites for hydroxylation is 2. The molecule has 0 saturated heterocycles. The third kappa shape index (κ3) is 3.71. The Morgan fingerprint density at radius 2 is 1.93 bits per heavy atom. The molecule has 0 aliphatic heterocycles. The van der Waals surface area contributed by atoms with E-state index < -0.39 is 0 Å². The van der Waals surface area contributed by atoms with Gasteiger partial charge in [0.2, 0.25) is 0 Å². The highest BCUT2D eigenvalue weighted by Crippen LogP contribution is 2.28. The van der Waals surface area contributed by atoms with E-state index in [0.29, 0.717) is 11.9 Å². The maximum Gasteiger partial charge on any atom is 0.265 e. The van der Waals surface area contributed by atoms with Gasteiger partial charge in [-0.05, 0) is 37.0 Å². The zero-order chi connectivity index (χ0) is 19.5. The van der Waals surface area contributed by atoms with Crippen LogP contribution in [-0.4, -0.2) is 26.0 Å². The third-order valence-electron chi connectivity index (χ3n) is 4.73. The molecule has 0 aliphatic carbocycles. The molecule has 0 radical (unpaired) electrons. The number of rotatable bonds is 6. The summed E-state index contributed by atoms with van der Waals surface area (Å²) in [7, 11) is 0. The second-order valence-electron chi connectivity index (χ2n) is 7.44. The third-order valence-corrected chi connectivity index (χ3v) is 4.73. The van der Waals surface area contributed by atoms with Crippen LogP contribution < -0.4 is 5.43 Å². The Morgan fingerprint density at radius 3 is 2.71 bits per heavy atom. The molecule has 2 aromatic heterocycles. The van der Waals surface area contributed by atoms with Crippen LogP contribution in [0.1, 0.15) is 31.4 Å². The summed E-state index contributed by atoms with van der Waals surface area (Å²) in [5.74, 6) is 1.01. The lowest BCUT2D eigenvalue weighted by Crippen LogP contribution is -2.05. The van der Waals surface area contributed by atoms with E-state index in [0.717, 1.165) is 40.6 Å². The van der Waals surface area contributed by atoms with Gasteiger partial charge in [0.15, 0.2) is 5.65 Å². The predicted molar refractivity (Wildman–Crippen MR) is 115 cm³/mol. The maximum atomic E-state index is 4.72. The number of hydrogen-bond acceptors (Lipinski definition) is 5. The van der Waals surface area contributed by atoms with E-state index in [1.165, 1.54) is 5.56 Å². The summed E-state index contributed by atoms with van der Waals surface area (Å²) in [5.41, 5.74) is 7.93. The van der Waals surface area contributed by atoms with Crippen LogP contribution in [0.15, 0.2) is 53.6 Å². The van der Waals surface area contributed by atoms with Crippen molar-refractivity contribution in [2.24, 2.45) is 11.0 Å². The van der Waals surface area contributed by atoms with Crippen molar-refractivity contribution in [3.63, 3.8) is 0 Å². The number of hydrazone groups is 1. The van der Waals surface area contributed by atoms with Gasteiger partial charge in [0.25, 0.3) is 5.95 Å². The Balaban J connectivity index is 1.71.